The van der Waals surface area contributed by atoms with Crippen molar-refractivity contribution in [2.75, 3.05) is 6.54 Å². The van der Waals surface area contributed by atoms with Gasteiger partial charge in [0.05, 0.1) is 6.04 Å². The summed E-state index contributed by atoms with van der Waals surface area (Å²) in [6.45, 7) is 10.1. The van der Waals surface area contributed by atoms with E-state index in [0.717, 1.165) is 24.4 Å². The fourth-order valence-electron chi connectivity index (χ4n) is 2.78. The summed E-state index contributed by atoms with van der Waals surface area (Å²) in [7, 11) is 0. The van der Waals surface area contributed by atoms with Crippen molar-refractivity contribution in [1.29, 1.82) is 0 Å². The van der Waals surface area contributed by atoms with E-state index in [1.807, 2.05) is 46.8 Å². The molecule has 1 aromatic heterocycles. The zero-order valence-electron chi connectivity index (χ0n) is 14.1. The predicted octanol–water partition coefficient (Wildman–Crippen LogP) is 2.80. The van der Waals surface area contributed by atoms with Crippen LogP contribution < -0.4 is 5.32 Å². The second-order valence-corrected chi connectivity index (χ2v) is 7.09. The van der Waals surface area contributed by atoms with E-state index >= 15 is 0 Å². The quantitative estimate of drug-likeness (QED) is 0.934. The first-order chi connectivity index (χ1) is 10.2. The van der Waals surface area contributed by atoms with Gasteiger partial charge in [-0.05, 0) is 38.8 Å². The van der Waals surface area contributed by atoms with Gasteiger partial charge in [-0.1, -0.05) is 20.8 Å². The number of amides is 2. The number of furan rings is 1. The van der Waals surface area contributed by atoms with Gasteiger partial charge in [-0.3, -0.25) is 9.59 Å². The van der Waals surface area contributed by atoms with Crippen molar-refractivity contribution in [2.45, 2.75) is 59.5 Å². The van der Waals surface area contributed by atoms with Gasteiger partial charge in [0.1, 0.15) is 17.6 Å². The molecule has 1 N–H and O–H groups in total. The molecular formula is C17H26N2O3. The molecule has 2 amide bonds. The van der Waals surface area contributed by atoms with E-state index in [4.69, 9.17) is 4.42 Å². The van der Waals surface area contributed by atoms with Crippen molar-refractivity contribution in [3.63, 3.8) is 0 Å². The van der Waals surface area contributed by atoms with E-state index in [1.165, 1.54) is 0 Å². The molecule has 0 aromatic carbocycles. The van der Waals surface area contributed by atoms with Crippen LogP contribution in [0, 0.1) is 12.3 Å². The molecule has 22 heavy (non-hydrogen) atoms. The number of carbonyl (C=O) groups excluding carboxylic acids is 2. The molecule has 1 aromatic rings. The number of aryl methyl sites for hydroxylation is 1. The van der Waals surface area contributed by atoms with Gasteiger partial charge in [0.25, 0.3) is 0 Å². The van der Waals surface area contributed by atoms with Gasteiger partial charge in [0.2, 0.25) is 11.8 Å². The van der Waals surface area contributed by atoms with Crippen LogP contribution >= 0.6 is 0 Å². The highest BCUT2D eigenvalue weighted by Gasteiger charge is 2.38. The van der Waals surface area contributed by atoms with E-state index in [2.05, 4.69) is 5.32 Å². The Balaban J connectivity index is 2.03. The normalized spacial score (nSPS) is 20.0. The average molecular weight is 306 g/mol. The van der Waals surface area contributed by atoms with Crippen LogP contribution in [0.5, 0.6) is 0 Å². The Morgan fingerprint density at radius 3 is 2.59 bits per heavy atom. The summed E-state index contributed by atoms with van der Waals surface area (Å²) < 4.78 is 5.54. The third kappa shape index (κ3) is 3.51. The molecule has 1 saturated heterocycles. The second-order valence-electron chi connectivity index (χ2n) is 7.09. The monoisotopic (exact) mass is 306 g/mol. The van der Waals surface area contributed by atoms with E-state index in [9.17, 15) is 9.59 Å². The van der Waals surface area contributed by atoms with Crippen molar-refractivity contribution in [1.82, 2.24) is 10.2 Å². The van der Waals surface area contributed by atoms with E-state index in [-0.39, 0.29) is 23.9 Å². The Bertz CT molecular complexity index is 556. The maximum atomic E-state index is 12.5. The molecule has 5 heteroatoms. The summed E-state index contributed by atoms with van der Waals surface area (Å²) in [4.78, 5) is 26.7. The first-order valence-corrected chi connectivity index (χ1v) is 7.88. The SMILES string of the molecule is Cc1ccc([C@H](C)NC(=O)[C@@H]2CCCN2C(=O)C(C)(C)C)o1. The lowest BCUT2D eigenvalue weighted by Gasteiger charge is -2.30. The minimum absolute atomic E-state index is 0.0339. The van der Waals surface area contributed by atoms with Crippen LogP contribution in [0.2, 0.25) is 0 Å². The van der Waals surface area contributed by atoms with Crippen LogP contribution in [-0.4, -0.2) is 29.3 Å². The third-order valence-electron chi connectivity index (χ3n) is 4.00. The van der Waals surface area contributed by atoms with Crippen LogP contribution in [0.15, 0.2) is 16.5 Å². The molecular weight excluding hydrogens is 280 g/mol. The summed E-state index contributed by atoms with van der Waals surface area (Å²) in [5, 5.41) is 2.96. The van der Waals surface area contributed by atoms with E-state index < -0.39 is 5.41 Å². The van der Waals surface area contributed by atoms with Crippen LogP contribution in [0.3, 0.4) is 0 Å². The Morgan fingerprint density at radius 2 is 2.05 bits per heavy atom. The van der Waals surface area contributed by atoms with Gasteiger partial charge < -0.3 is 14.6 Å². The molecule has 0 spiro atoms. The first-order valence-electron chi connectivity index (χ1n) is 7.88. The lowest BCUT2D eigenvalue weighted by Crippen LogP contribution is -2.49. The third-order valence-corrected chi connectivity index (χ3v) is 4.00. The molecule has 122 valence electrons. The molecule has 2 heterocycles. The lowest BCUT2D eigenvalue weighted by atomic mass is 9.94. The Hall–Kier alpha value is -1.78. The standard InChI is InChI=1S/C17H26N2O3/c1-11-8-9-14(22-11)12(2)18-15(20)13-7-6-10-19(13)16(21)17(3,4)5/h8-9,12-13H,6-7,10H2,1-5H3,(H,18,20)/t12-,13-/m0/s1. The molecule has 0 unspecified atom stereocenters. The zero-order valence-corrected chi connectivity index (χ0v) is 14.1. The molecule has 1 aliphatic rings. The molecule has 5 nitrogen and oxygen atoms in total. The number of likely N-dealkylation sites (tertiary alicyclic amines) is 1. The van der Waals surface area contributed by atoms with Gasteiger partial charge in [0.15, 0.2) is 0 Å². The molecule has 0 aliphatic carbocycles. The highest BCUT2D eigenvalue weighted by molar-refractivity contribution is 5.90. The number of nitrogens with zero attached hydrogens (tertiary/aromatic N) is 1. The van der Waals surface area contributed by atoms with Crippen molar-refractivity contribution >= 4 is 11.8 Å². The van der Waals surface area contributed by atoms with Crippen LogP contribution in [0.25, 0.3) is 0 Å². The molecule has 0 bridgehead atoms. The Morgan fingerprint density at radius 1 is 1.36 bits per heavy atom. The Labute approximate surface area is 132 Å². The van der Waals surface area contributed by atoms with Crippen LogP contribution in [0.4, 0.5) is 0 Å². The first kappa shape index (κ1) is 16.6. The number of carbonyl (C=O) groups is 2. The van der Waals surface area contributed by atoms with E-state index in [0.29, 0.717) is 6.54 Å². The maximum Gasteiger partial charge on any atom is 0.243 e. The minimum Gasteiger partial charge on any atom is -0.464 e. The van der Waals surface area contributed by atoms with Gasteiger partial charge >= 0.3 is 0 Å². The van der Waals surface area contributed by atoms with Crippen LogP contribution in [0.1, 0.15) is 58.1 Å². The molecule has 1 aliphatic heterocycles. The van der Waals surface area contributed by atoms with Crippen molar-refractivity contribution in [2.24, 2.45) is 5.41 Å². The molecule has 1 fully saturated rings. The largest absolute Gasteiger partial charge is 0.464 e. The fourth-order valence-corrected chi connectivity index (χ4v) is 2.78. The predicted molar refractivity (Wildman–Crippen MR) is 84.2 cm³/mol. The van der Waals surface area contributed by atoms with Crippen molar-refractivity contribution in [3.8, 4) is 0 Å². The number of nitrogens with one attached hydrogen (secondary N) is 1. The summed E-state index contributed by atoms with van der Waals surface area (Å²) in [6.07, 6.45) is 1.59. The van der Waals surface area contributed by atoms with Gasteiger partial charge in [-0.2, -0.15) is 0 Å². The van der Waals surface area contributed by atoms with Gasteiger partial charge in [-0.15, -0.1) is 0 Å². The van der Waals surface area contributed by atoms with Crippen LogP contribution in [-0.2, 0) is 9.59 Å². The number of rotatable bonds is 3. The summed E-state index contributed by atoms with van der Waals surface area (Å²) in [5.41, 5.74) is -0.466. The molecule has 0 radical (unpaired) electrons. The van der Waals surface area contributed by atoms with Gasteiger partial charge in [-0.25, -0.2) is 0 Å². The molecule has 2 atom stereocenters. The van der Waals surface area contributed by atoms with Crippen molar-refractivity contribution < 1.29 is 14.0 Å². The number of hydrogen-bond acceptors (Lipinski definition) is 3. The second kappa shape index (κ2) is 6.15. The highest BCUT2D eigenvalue weighted by Crippen LogP contribution is 2.26. The molecule has 0 saturated carbocycles. The van der Waals surface area contributed by atoms with E-state index in [1.54, 1.807) is 4.90 Å². The zero-order chi connectivity index (χ0) is 16.5. The minimum atomic E-state index is -0.466. The smallest absolute Gasteiger partial charge is 0.243 e. The lowest BCUT2D eigenvalue weighted by molar-refractivity contribution is -0.144. The summed E-state index contributed by atoms with van der Waals surface area (Å²) >= 11 is 0. The molecule has 2 rings (SSSR count). The Kier molecular flexibility index (Phi) is 4.63. The topological polar surface area (TPSA) is 62.6 Å². The number of hydrogen-bond donors (Lipinski definition) is 1. The summed E-state index contributed by atoms with van der Waals surface area (Å²) in [6, 6.07) is 3.18. The average Bonchev–Trinajstić information content (AvgIpc) is 3.04. The fraction of sp³-hybridized carbons (Fsp3) is 0.647. The summed E-state index contributed by atoms with van der Waals surface area (Å²) in [5.74, 6) is 1.49. The highest BCUT2D eigenvalue weighted by atomic mass is 16.3. The maximum absolute atomic E-state index is 12.5. The van der Waals surface area contributed by atoms with Gasteiger partial charge in [0, 0.05) is 12.0 Å². The van der Waals surface area contributed by atoms with Crippen molar-refractivity contribution in [3.05, 3.63) is 23.7 Å².